The van der Waals surface area contributed by atoms with Gasteiger partial charge >= 0.3 is 0 Å². The SMILES string of the molecule is CCC(CC)C(O)CNC(C)CC(=O)Nc1ccccc1. The lowest BCUT2D eigenvalue weighted by atomic mass is 9.96. The molecule has 0 bridgehead atoms. The van der Waals surface area contributed by atoms with Gasteiger partial charge in [0.05, 0.1) is 6.10 Å². The third-order valence-electron chi connectivity index (χ3n) is 3.82. The molecule has 0 fully saturated rings. The van der Waals surface area contributed by atoms with E-state index >= 15 is 0 Å². The van der Waals surface area contributed by atoms with Crippen molar-refractivity contribution in [2.45, 2.75) is 52.2 Å². The van der Waals surface area contributed by atoms with Crippen molar-refractivity contribution < 1.29 is 9.90 Å². The van der Waals surface area contributed by atoms with Gasteiger partial charge in [-0.25, -0.2) is 0 Å². The maximum atomic E-state index is 11.9. The van der Waals surface area contributed by atoms with Crippen molar-refractivity contribution in [2.24, 2.45) is 5.92 Å². The highest BCUT2D eigenvalue weighted by molar-refractivity contribution is 5.90. The predicted molar refractivity (Wildman–Crippen MR) is 87.2 cm³/mol. The monoisotopic (exact) mass is 292 g/mol. The quantitative estimate of drug-likeness (QED) is 0.656. The fraction of sp³-hybridized carbons (Fsp3) is 0.588. The number of anilines is 1. The minimum atomic E-state index is -0.348. The van der Waals surface area contributed by atoms with E-state index in [1.807, 2.05) is 37.3 Å². The lowest BCUT2D eigenvalue weighted by Crippen LogP contribution is -2.38. The molecule has 4 nitrogen and oxygen atoms in total. The standard InChI is InChI=1S/C17H28N2O2/c1-4-14(5-2)16(20)12-18-13(3)11-17(21)19-15-9-7-6-8-10-15/h6-10,13-14,16,18,20H,4-5,11-12H2,1-3H3,(H,19,21). The normalized spacial score (nSPS) is 14.0. The van der Waals surface area contributed by atoms with E-state index in [2.05, 4.69) is 24.5 Å². The van der Waals surface area contributed by atoms with Crippen molar-refractivity contribution in [3.63, 3.8) is 0 Å². The molecular weight excluding hydrogens is 264 g/mol. The fourth-order valence-electron chi connectivity index (χ4n) is 2.41. The molecule has 0 aliphatic heterocycles. The van der Waals surface area contributed by atoms with Crippen LogP contribution in [0.4, 0.5) is 5.69 Å². The van der Waals surface area contributed by atoms with Crippen LogP contribution in [0.25, 0.3) is 0 Å². The molecule has 118 valence electrons. The molecule has 0 aliphatic carbocycles. The largest absolute Gasteiger partial charge is 0.392 e. The van der Waals surface area contributed by atoms with Crippen molar-refractivity contribution in [1.29, 1.82) is 0 Å². The Morgan fingerprint density at radius 1 is 1.19 bits per heavy atom. The van der Waals surface area contributed by atoms with Crippen molar-refractivity contribution in [3.05, 3.63) is 30.3 Å². The third kappa shape index (κ3) is 6.74. The number of hydrogen-bond donors (Lipinski definition) is 3. The molecule has 3 N–H and O–H groups in total. The van der Waals surface area contributed by atoms with E-state index in [4.69, 9.17) is 0 Å². The Morgan fingerprint density at radius 3 is 2.38 bits per heavy atom. The number of aliphatic hydroxyl groups is 1. The average molecular weight is 292 g/mol. The lowest BCUT2D eigenvalue weighted by molar-refractivity contribution is -0.116. The van der Waals surface area contributed by atoms with Crippen LogP contribution >= 0.6 is 0 Å². The molecule has 1 aromatic carbocycles. The summed E-state index contributed by atoms with van der Waals surface area (Å²) in [6.07, 6.45) is 1.99. The molecule has 0 aliphatic rings. The van der Waals surface area contributed by atoms with Gasteiger partial charge in [0.1, 0.15) is 0 Å². The van der Waals surface area contributed by atoms with E-state index in [1.54, 1.807) is 0 Å². The van der Waals surface area contributed by atoms with Gasteiger partial charge in [0.25, 0.3) is 0 Å². The minimum absolute atomic E-state index is 0.0155. The van der Waals surface area contributed by atoms with Crippen LogP contribution in [0.3, 0.4) is 0 Å². The smallest absolute Gasteiger partial charge is 0.225 e. The number of aliphatic hydroxyl groups excluding tert-OH is 1. The summed E-state index contributed by atoms with van der Waals surface area (Å²) in [6, 6.07) is 9.48. The minimum Gasteiger partial charge on any atom is -0.392 e. The first-order valence-electron chi connectivity index (χ1n) is 7.83. The van der Waals surface area contributed by atoms with Crippen LogP contribution in [-0.2, 0) is 4.79 Å². The molecular formula is C17H28N2O2. The van der Waals surface area contributed by atoms with E-state index < -0.39 is 0 Å². The van der Waals surface area contributed by atoms with Gasteiger partial charge in [-0.15, -0.1) is 0 Å². The van der Waals surface area contributed by atoms with Gasteiger partial charge < -0.3 is 15.7 Å². The molecule has 2 atom stereocenters. The molecule has 0 spiro atoms. The van der Waals surface area contributed by atoms with Crippen molar-refractivity contribution in [1.82, 2.24) is 5.32 Å². The Kier molecular flexibility index (Phi) is 8.01. The number of carbonyl (C=O) groups excluding carboxylic acids is 1. The highest BCUT2D eigenvalue weighted by Gasteiger charge is 2.17. The molecule has 21 heavy (non-hydrogen) atoms. The summed E-state index contributed by atoms with van der Waals surface area (Å²) < 4.78 is 0. The van der Waals surface area contributed by atoms with Crippen LogP contribution in [0.2, 0.25) is 0 Å². The Hall–Kier alpha value is -1.39. The number of amides is 1. The molecule has 2 unspecified atom stereocenters. The first kappa shape index (κ1) is 17.7. The maximum Gasteiger partial charge on any atom is 0.225 e. The van der Waals surface area contributed by atoms with Gasteiger partial charge in [0, 0.05) is 24.7 Å². The molecule has 1 aromatic rings. The Bertz CT molecular complexity index is 405. The van der Waals surface area contributed by atoms with E-state index in [-0.39, 0.29) is 18.1 Å². The van der Waals surface area contributed by atoms with E-state index in [1.165, 1.54) is 0 Å². The molecule has 1 amide bonds. The number of benzene rings is 1. The van der Waals surface area contributed by atoms with Crippen LogP contribution in [0.15, 0.2) is 30.3 Å². The first-order valence-corrected chi connectivity index (χ1v) is 7.83. The number of hydrogen-bond acceptors (Lipinski definition) is 3. The third-order valence-corrected chi connectivity index (χ3v) is 3.82. The van der Waals surface area contributed by atoms with Crippen molar-refractivity contribution >= 4 is 11.6 Å². The molecule has 1 rings (SSSR count). The van der Waals surface area contributed by atoms with Gasteiger partial charge in [-0.1, -0.05) is 44.9 Å². The molecule has 4 heteroatoms. The summed E-state index contributed by atoms with van der Waals surface area (Å²) in [5.41, 5.74) is 0.812. The van der Waals surface area contributed by atoms with Crippen LogP contribution in [0, 0.1) is 5.92 Å². The molecule has 0 saturated heterocycles. The molecule has 0 radical (unpaired) electrons. The second-order valence-corrected chi connectivity index (χ2v) is 5.57. The van der Waals surface area contributed by atoms with Crippen molar-refractivity contribution in [2.75, 3.05) is 11.9 Å². The number of para-hydroxylation sites is 1. The second kappa shape index (κ2) is 9.53. The van der Waals surface area contributed by atoms with Gasteiger partial charge in [-0.05, 0) is 25.0 Å². The van der Waals surface area contributed by atoms with Gasteiger partial charge in [0.2, 0.25) is 5.91 Å². The van der Waals surface area contributed by atoms with Gasteiger partial charge in [0.15, 0.2) is 0 Å². The topological polar surface area (TPSA) is 61.4 Å². The molecule has 0 aromatic heterocycles. The fourth-order valence-corrected chi connectivity index (χ4v) is 2.41. The van der Waals surface area contributed by atoms with E-state index in [9.17, 15) is 9.90 Å². The highest BCUT2D eigenvalue weighted by atomic mass is 16.3. The predicted octanol–water partition coefficient (Wildman–Crippen LogP) is 2.79. The van der Waals surface area contributed by atoms with Crippen LogP contribution in [0.1, 0.15) is 40.0 Å². The first-order chi connectivity index (χ1) is 10.1. The van der Waals surface area contributed by atoms with E-state index in [0.29, 0.717) is 18.9 Å². The van der Waals surface area contributed by atoms with Crippen molar-refractivity contribution in [3.8, 4) is 0 Å². The zero-order valence-corrected chi connectivity index (χ0v) is 13.3. The zero-order chi connectivity index (χ0) is 15.7. The number of nitrogens with one attached hydrogen (secondary N) is 2. The Balaban J connectivity index is 2.30. The summed E-state index contributed by atoms with van der Waals surface area (Å²) in [6.45, 7) is 6.68. The zero-order valence-electron chi connectivity index (χ0n) is 13.3. The van der Waals surface area contributed by atoms with Crippen LogP contribution in [-0.4, -0.2) is 29.7 Å². The van der Waals surface area contributed by atoms with E-state index in [0.717, 1.165) is 18.5 Å². The summed E-state index contributed by atoms with van der Waals surface area (Å²) in [5.74, 6) is 0.307. The maximum absolute atomic E-state index is 11.9. The summed E-state index contributed by atoms with van der Waals surface area (Å²) >= 11 is 0. The highest BCUT2D eigenvalue weighted by Crippen LogP contribution is 2.12. The lowest BCUT2D eigenvalue weighted by Gasteiger charge is -2.22. The van der Waals surface area contributed by atoms with Gasteiger partial charge in [-0.2, -0.15) is 0 Å². The van der Waals surface area contributed by atoms with Gasteiger partial charge in [-0.3, -0.25) is 4.79 Å². The Morgan fingerprint density at radius 2 is 1.81 bits per heavy atom. The number of carbonyl (C=O) groups is 1. The second-order valence-electron chi connectivity index (χ2n) is 5.57. The number of rotatable bonds is 9. The van der Waals surface area contributed by atoms with Crippen LogP contribution < -0.4 is 10.6 Å². The molecule has 0 heterocycles. The average Bonchev–Trinajstić information content (AvgIpc) is 2.47. The summed E-state index contributed by atoms with van der Waals surface area (Å²) in [4.78, 5) is 11.9. The summed E-state index contributed by atoms with van der Waals surface area (Å²) in [7, 11) is 0. The molecule has 0 saturated carbocycles. The Labute approximate surface area is 128 Å². The summed E-state index contributed by atoms with van der Waals surface area (Å²) in [5, 5.41) is 16.2. The van der Waals surface area contributed by atoms with Crippen LogP contribution in [0.5, 0.6) is 0 Å².